The van der Waals surface area contributed by atoms with Gasteiger partial charge in [-0.2, -0.15) is 4.31 Å². The van der Waals surface area contributed by atoms with E-state index in [1.807, 2.05) is 13.8 Å². The SMILES string of the molecule is CCC(C)N(CCOC)S(=O)(=O)c1cnccc1N. The highest BCUT2D eigenvalue weighted by molar-refractivity contribution is 7.89. The largest absolute Gasteiger partial charge is 0.398 e. The summed E-state index contributed by atoms with van der Waals surface area (Å²) < 4.78 is 31.6. The number of pyridine rings is 1. The zero-order valence-corrected chi connectivity index (χ0v) is 12.4. The van der Waals surface area contributed by atoms with E-state index in [1.165, 1.54) is 22.8 Å². The third kappa shape index (κ3) is 3.65. The maximum Gasteiger partial charge on any atom is 0.246 e. The average molecular weight is 287 g/mol. The van der Waals surface area contributed by atoms with Crippen LogP contribution in [-0.4, -0.2) is 44.0 Å². The molecule has 0 amide bonds. The Bertz CT molecular complexity index is 505. The minimum Gasteiger partial charge on any atom is -0.398 e. The summed E-state index contributed by atoms with van der Waals surface area (Å²) in [6, 6.07) is 1.36. The second kappa shape index (κ2) is 6.83. The van der Waals surface area contributed by atoms with Crippen LogP contribution >= 0.6 is 0 Å². The molecular weight excluding hydrogens is 266 g/mol. The molecule has 0 radical (unpaired) electrons. The van der Waals surface area contributed by atoms with Gasteiger partial charge in [-0.15, -0.1) is 0 Å². The summed E-state index contributed by atoms with van der Waals surface area (Å²) >= 11 is 0. The van der Waals surface area contributed by atoms with Crippen LogP contribution in [0, 0.1) is 0 Å². The number of sulfonamides is 1. The summed E-state index contributed by atoms with van der Waals surface area (Å²) in [6.07, 6.45) is 3.47. The van der Waals surface area contributed by atoms with E-state index >= 15 is 0 Å². The summed E-state index contributed by atoms with van der Waals surface area (Å²) in [7, 11) is -2.11. The molecule has 1 rings (SSSR count). The van der Waals surface area contributed by atoms with Crippen molar-refractivity contribution in [3.05, 3.63) is 18.5 Å². The van der Waals surface area contributed by atoms with Crippen molar-refractivity contribution in [2.45, 2.75) is 31.2 Å². The molecule has 2 N–H and O–H groups in total. The van der Waals surface area contributed by atoms with Gasteiger partial charge in [0.1, 0.15) is 4.90 Å². The van der Waals surface area contributed by atoms with E-state index in [9.17, 15) is 8.42 Å². The maximum atomic E-state index is 12.6. The van der Waals surface area contributed by atoms with E-state index in [0.717, 1.165) is 0 Å². The number of hydrogen-bond donors (Lipinski definition) is 1. The Kier molecular flexibility index (Phi) is 5.71. The number of anilines is 1. The van der Waals surface area contributed by atoms with Crippen molar-refractivity contribution in [1.29, 1.82) is 0 Å². The molecule has 0 aliphatic heterocycles. The molecule has 19 heavy (non-hydrogen) atoms. The van der Waals surface area contributed by atoms with Crippen molar-refractivity contribution in [2.24, 2.45) is 0 Å². The molecule has 7 heteroatoms. The minimum atomic E-state index is -3.65. The first-order valence-electron chi connectivity index (χ1n) is 6.15. The lowest BCUT2D eigenvalue weighted by atomic mass is 10.3. The van der Waals surface area contributed by atoms with Crippen molar-refractivity contribution < 1.29 is 13.2 Å². The highest BCUT2D eigenvalue weighted by Gasteiger charge is 2.29. The molecule has 0 saturated carbocycles. The van der Waals surface area contributed by atoms with E-state index < -0.39 is 10.0 Å². The predicted molar refractivity (Wildman–Crippen MR) is 74.2 cm³/mol. The fraction of sp³-hybridized carbons (Fsp3) is 0.583. The van der Waals surface area contributed by atoms with Gasteiger partial charge >= 0.3 is 0 Å². The van der Waals surface area contributed by atoms with Crippen LogP contribution in [0.25, 0.3) is 0 Å². The van der Waals surface area contributed by atoms with Crippen LogP contribution in [0.1, 0.15) is 20.3 Å². The summed E-state index contributed by atoms with van der Waals surface area (Å²) in [5.74, 6) is 0. The van der Waals surface area contributed by atoms with Crippen LogP contribution in [0.2, 0.25) is 0 Å². The second-order valence-electron chi connectivity index (χ2n) is 4.28. The molecule has 1 unspecified atom stereocenters. The molecule has 1 aromatic rings. The molecule has 6 nitrogen and oxygen atoms in total. The Balaban J connectivity index is 3.16. The summed E-state index contributed by atoms with van der Waals surface area (Å²) in [5, 5.41) is 0. The number of ether oxygens (including phenoxy) is 1. The van der Waals surface area contributed by atoms with Gasteiger partial charge < -0.3 is 10.5 Å². The molecule has 0 saturated heterocycles. The lowest BCUT2D eigenvalue weighted by Crippen LogP contribution is -2.40. The topological polar surface area (TPSA) is 85.5 Å². The van der Waals surface area contributed by atoms with Crippen molar-refractivity contribution in [2.75, 3.05) is 26.0 Å². The molecule has 1 aromatic heterocycles. The summed E-state index contributed by atoms with van der Waals surface area (Å²) in [4.78, 5) is 3.89. The average Bonchev–Trinajstić information content (AvgIpc) is 2.38. The molecule has 108 valence electrons. The molecule has 0 aromatic carbocycles. The Labute approximate surface area is 114 Å². The van der Waals surface area contributed by atoms with Gasteiger partial charge in [-0.3, -0.25) is 4.98 Å². The Morgan fingerprint density at radius 1 is 1.53 bits per heavy atom. The van der Waals surface area contributed by atoms with Crippen molar-refractivity contribution >= 4 is 15.7 Å². The van der Waals surface area contributed by atoms with Gasteiger partial charge in [0.15, 0.2) is 0 Å². The predicted octanol–water partition coefficient (Wildman–Crippen LogP) is 1.10. The number of nitrogens with two attached hydrogens (primary N) is 1. The van der Waals surface area contributed by atoms with Gasteiger partial charge in [0, 0.05) is 32.1 Å². The number of methoxy groups -OCH3 is 1. The molecule has 0 aliphatic carbocycles. The normalized spacial score (nSPS) is 13.7. The first-order valence-corrected chi connectivity index (χ1v) is 7.59. The number of hydrogen-bond acceptors (Lipinski definition) is 5. The van der Waals surface area contributed by atoms with E-state index in [0.29, 0.717) is 19.6 Å². The number of nitrogens with zero attached hydrogens (tertiary/aromatic N) is 2. The maximum absolute atomic E-state index is 12.6. The van der Waals surface area contributed by atoms with Crippen LogP contribution in [0.15, 0.2) is 23.4 Å². The van der Waals surface area contributed by atoms with E-state index in [-0.39, 0.29) is 16.6 Å². The Morgan fingerprint density at radius 3 is 2.74 bits per heavy atom. The Morgan fingerprint density at radius 2 is 2.21 bits per heavy atom. The fourth-order valence-corrected chi connectivity index (χ4v) is 3.45. The smallest absolute Gasteiger partial charge is 0.246 e. The molecule has 0 fully saturated rings. The number of rotatable bonds is 7. The fourth-order valence-electron chi connectivity index (χ4n) is 1.69. The monoisotopic (exact) mass is 287 g/mol. The first-order chi connectivity index (χ1) is 8.95. The van der Waals surface area contributed by atoms with Gasteiger partial charge in [0.25, 0.3) is 0 Å². The van der Waals surface area contributed by atoms with Crippen LogP contribution in [-0.2, 0) is 14.8 Å². The number of nitrogen functional groups attached to an aromatic ring is 1. The quantitative estimate of drug-likeness (QED) is 0.811. The molecular formula is C12H21N3O3S. The van der Waals surface area contributed by atoms with Crippen LogP contribution < -0.4 is 5.73 Å². The van der Waals surface area contributed by atoms with Gasteiger partial charge in [0.05, 0.1) is 12.3 Å². The highest BCUT2D eigenvalue weighted by Crippen LogP contribution is 2.23. The molecule has 0 spiro atoms. The molecule has 1 heterocycles. The van der Waals surface area contributed by atoms with Gasteiger partial charge in [0.2, 0.25) is 10.0 Å². The van der Waals surface area contributed by atoms with Crippen molar-refractivity contribution in [1.82, 2.24) is 9.29 Å². The van der Waals surface area contributed by atoms with E-state index in [2.05, 4.69) is 4.98 Å². The molecule has 0 bridgehead atoms. The summed E-state index contributed by atoms with van der Waals surface area (Å²) in [6.45, 7) is 4.43. The number of aromatic nitrogens is 1. The van der Waals surface area contributed by atoms with Crippen molar-refractivity contribution in [3.8, 4) is 0 Å². The summed E-state index contributed by atoms with van der Waals surface area (Å²) in [5.41, 5.74) is 5.95. The van der Waals surface area contributed by atoms with Crippen LogP contribution in [0.4, 0.5) is 5.69 Å². The van der Waals surface area contributed by atoms with E-state index in [1.54, 1.807) is 7.11 Å². The van der Waals surface area contributed by atoms with Crippen LogP contribution in [0.5, 0.6) is 0 Å². The first kappa shape index (κ1) is 15.9. The lowest BCUT2D eigenvalue weighted by molar-refractivity contribution is 0.167. The lowest BCUT2D eigenvalue weighted by Gasteiger charge is -2.27. The van der Waals surface area contributed by atoms with Crippen LogP contribution in [0.3, 0.4) is 0 Å². The van der Waals surface area contributed by atoms with Gasteiger partial charge in [-0.1, -0.05) is 6.92 Å². The second-order valence-corrected chi connectivity index (χ2v) is 6.14. The highest BCUT2D eigenvalue weighted by atomic mass is 32.2. The Hall–Kier alpha value is -1.18. The molecule has 1 atom stereocenters. The zero-order chi connectivity index (χ0) is 14.5. The standard InChI is InChI=1S/C12H21N3O3S/c1-4-10(2)15(7-8-18-3)19(16,17)12-9-14-6-5-11(12)13/h5-6,9-10H,4,7-8H2,1-3H3,(H2,13,14). The minimum absolute atomic E-state index is 0.0476. The zero-order valence-electron chi connectivity index (χ0n) is 11.5. The van der Waals surface area contributed by atoms with Gasteiger partial charge in [-0.05, 0) is 19.4 Å². The van der Waals surface area contributed by atoms with E-state index in [4.69, 9.17) is 10.5 Å². The van der Waals surface area contributed by atoms with Gasteiger partial charge in [-0.25, -0.2) is 8.42 Å². The molecule has 0 aliphatic rings. The van der Waals surface area contributed by atoms with Crippen molar-refractivity contribution in [3.63, 3.8) is 0 Å². The third-order valence-corrected chi connectivity index (χ3v) is 5.06. The third-order valence-electron chi connectivity index (χ3n) is 3.00.